The van der Waals surface area contributed by atoms with Crippen molar-refractivity contribution in [1.29, 1.82) is 0 Å². The number of hydrogen-bond donors (Lipinski definition) is 2. The maximum absolute atomic E-state index is 11.7. The van der Waals surface area contributed by atoms with Crippen LogP contribution in [0.25, 0.3) is 0 Å². The maximum atomic E-state index is 11.7. The lowest BCUT2D eigenvalue weighted by atomic mass is 10.0. The van der Waals surface area contributed by atoms with Crippen molar-refractivity contribution in [1.82, 2.24) is 5.32 Å². The van der Waals surface area contributed by atoms with Crippen LogP contribution in [0.4, 0.5) is 0 Å². The summed E-state index contributed by atoms with van der Waals surface area (Å²) in [7, 11) is 0. The van der Waals surface area contributed by atoms with E-state index in [9.17, 15) is 9.59 Å². The van der Waals surface area contributed by atoms with Gasteiger partial charge in [-0.1, -0.05) is 0 Å². The molecule has 0 saturated heterocycles. The molecule has 4 heteroatoms. The van der Waals surface area contributed by atoms with Crippen molar-refractivity contribution in [3.8, 4) is 0 Å². The van der Waals surface area contributed by atoms with Gasteiger partial charge >= 0.3 is 5.97 Å². The highest BCUT2D eigenvalue weighted by molar-refractivity contribution is 5.85. The zero-order valence-electron chi connectivity index (χ0n) is 8.48. The second kappa shape index (κ2) is 2.97. The molecule has 0 spiro atoms. The monoisotopic (exact) mass is 209 g/mol. The van der Waals surface area contributed by atoms with Crippen LogP contribution < -0.4 is 5.32 Å². The normalized spacial score (nSPS) is 44.9. The Labute approximate surface area is 88.0 Å². The molecule has 3 rings (SSSR count). The van der Waals surface area contributed by atoms with Crippen LogP contribution in [0.15, 0.2) is 0 Å². The first-order valence-corrected chi connectivity index (χ1v) is 5.68. The fraction of sp³-hybridized carbons (Fsp3) is 0.818. The molecule has 2 bridgehead atoms. The molecule has 15 heavy (non-hydrogen) atoms. The molecule has 5 atom stereocenters. The van der Waals surface area contributed by atoms with Crippen molar-refractivity contribution in [2.45, 2.75) is 19.3 Å². The molecule has 0 aliphatic heterocycles. The summed E-state index contributed by atoms with van der Waals surface area (Å²) >= 11 is 0. The Morgan fingerprint density at radius 3 is 2.33 bits per heavy atom. The van der Waals surface area contributed by atoms with E-state index < -0.39 is 5.97 Å². The van der Waals surface area contributed by atoms with Gasteiger partial charge in [0.1, 0.15) is 6.54 Å². The minimum Gasteiger partial charge on any atom is -0.480 e. The molecular formula is C11H15NO3. The van der Waals surface area contributed by atoms with E-state index in [0.717, 1.165) is 11.8 Å². The molecule has 3 aliphatic carbocycles. The molecule has 3 saturated carbocycles. The van der Waals surface area contributed by atoms with E-state index in [0.29, 0.717) is 11.8 Å². The molecule has 3 fully saturated rings. The largest absolute Gasteiger partial charge is 0.480 e. The van der Waals surface area contributed by atoms with E-state index in [-0.39, 0.29) is 18.4 Å². The average molecular weight is 209 g/mol. The lowest BCUT2D eigenvalue weighted by Gasteiger charge is -2.07. The van der Waals surface area contributed by atoms with Gasteiger partial charge in [-0.3, -0.25) is 9.59 Å². The number of amides is 1. The Morgan fingerprint density at radius 1 is 1.20 bits per heavy atom. The standard InChI is InChI=1S/C11H15NO3/c13-7(14)4-12-11(15)10-8-5-1-2-6(3-5)9(8)10/h5-6,8-10H,1-4H2,(H,12,15)(H,13,14)/t5-,6-,8-,9+,10?/m1/s1. The summed E-state index contributed by atoms with van der Waals surface area (Å²) in [5.74, 6) is 1.88. The lowest BCUT2D eigenvalue weighted by Crippen LogP contribution is -2.32. The van der Waals surface area contributed by atoms with Crippen molar-refractivity contribution in [2.24, 2.45) is 29.6 Å². The second-order valence-corrected chi connectivity index (χ2v) is 5.13. The molecule has 1 amide bonds. The molecule has 1 unspecified atom stereocenters. The van der Waals surface area contributed by atoms with Crippen molar-refractivity contribution in [3.63, 3.8) is 0 Å². The predicted octanol–water partition coefficient (Wildman–Crippen LogP) is 0.479. The Hall–Kier alpha value is -1.06. The number of carbonyl (C=O) groups excluding carboxylic acids is 1. The van der Waals surface area contributed by atoms with E-state index in [1.807, 2.05) is 0 Å². The first kappa shape index (κ1) is 9.19. The molecule has 0 heterocycles. The Balaban J connectivity index is 1.58. The number of hydrogen-bond acceptors (Lipinski definition) is 2. The van der Waals surface area contributed by atoms with Crippen LogP contribution in [0.5, 0.6) is 0 Å². The molecule has 3 aliphatic rings. The highest BCUT2D eigenvalue weighted by atomic mass is 16.4. The highest BCUT2D eigenvalue weighted by Crippen LogP contribution is 2.69. The topological polar surface area (TPSA) is 66.4 Å². The zero-order chi connectivity index (χ0) is 10.6. The zero-order valence-corrected chi connectivity index (χ0v) is 8.48. The number of carbonyl (C=O) groups is 2. The van der Waals surface area contributed by atoms with Gasteiger partial charge in [-0.2, -0.15) is 0 Å². The van der Waals surface area contributed by atoms with E-state index in [2.05, 4.69) is 5.32 Å². The van der Waals surface area contributed by atoms with Gasteiger partial charge in [0.25, 0.3) is 0 Å². The summed E-state index contributed by atoms with van der Waals surface area (Å²) in [6, 6.07) is 0. The molecule has 0 aromatic carbocycles. The minimum atomic E-state index is -0.961. The summed E-state index contributed by atoms with van der Waals surface area (Å²) in [5, 5.41) is 11.0. The van der Waals surface area contributed by atoms with Crippen LogP contribution in [0.1, 0.15) is 19.3 Å². The van der Waals surface area contributed by atoms with Gasteiger partial charge in [-0.05, 0) is 42.9 Å². The van der Waals surface area contributed by atoms with Gasteiger partial charge in [-0.25, -0.2) is 0 Å². The summed E-state index contributed by atoms with van der Waals surface area (Å²) in [5.41, 5.74) is 0. The van der Waals surface area contributed by atoms with E-state index >= 15 is 0 Å². The number of carboxylic acid groups (broad SMARTS) is 1. The third-order valence-electron chi connectivity index (χ3n) is 4.45. The lowest BCUT2D eigenvalue weighted by molar-refractivity contribution is -0.138. The van der Waals surface area contributed by atoms with Crippen LogP contribution in [-0.2, 0) is 9.59 Å². The van der Waals surface area contributed by atoms with Crippen LogP contribution >= 0.6 is 0 Å². The fourth-order valence-corrected chi connectivity index (χ4v) is 3.96. The first-order chi connectivity index (χ1) is 7.18. The van der Waals surface area contributed by atoms with Crippen molar-refractivity contribution in [2.75, 3.05) is 6.54 Å². The van der Waals surface area contributed by atoms with Crippen LogP contribution in [0, 0.1) is 29.6 Å². The van der Waals surface area contributed by atoms with Crippen LogP contribution in [-0.4, -0.2) is 23.5 Å². The summed E-state index contributed by atoms with van der Waals surface area (Å²) in [6.45, 7) is -0.232. The SMILES string of the molecule is O=C(O)CNC(=O)C1[C@@H]2[C@@H]3CC[C@H](C3)[C@H]12. The second-order valence-electron chi connectivity index (χ2n) is 5.13. The molecule has 2 N–H and O–H groups in total. The Kier molecular flexibility index (Phi) is 1.82. The van der Waals surface area contributed by atoms with Crippen molar-refractivity contribution in [3.05, 3.63) is 0 Å². The van der Waals surface area contributed by atoms with E-state index in [4.69, 9.17) is 5.11 Å². The van der Waals surface area contributed by atoms with Crippen molar-refractivity contribution >= 4 is 11.9 Å². The van der Waals surface area contributed by atoms with E-state index in [1.54, 1.807) is 0 Å². The van der Waals surface area contributed by atoms with Gasteiger partial charge in [0.05, 0.1) is 0 Å². The van der Waals surface area contributed by atoms with Gasteiger partial charge in [0.15, 0.2) is 0 Å². The van der Waals surface area contributed by atoms with Gasteiger partial charge < -0.3 is 10.4 Å². The molecular weight excluding hydrogens is 194 g/mol. The van der Waals surface area contributed by atoms with E-state index in [1.165, 1.54) is 19.3 Å². The first-order valence-electron chi connectivity index (χ1n) is 5.68. The van der Waals surface area contributed by atoms with Gasteiger partial charge in [0, 0.05) is 5.92 Å². The fourth-order valence-electron chi connectivity index (χ4n) is 3.96. The Morgan fingerprint density at radius 2 is 1.80 bits per heavy atom. The number of nitrogens with one attached hydrogen (secondary N) is 1. The summed E-state index contributed by atoms with van der Waals surface area (Å²) in [4.78, 5) is 22.0. The maximum Gasteiger partial charge on any atom is 0.322 e. The molecule has 0 radical (unpaired) electrons. The number of fused-ring (bicyclic) bond motifs is 5. The molecule has 0 aromatic rings. The van der Waals surface area contributed by atoms with Crippen molar-refractivity contribution < 1.29 is 14.7 Å². The summed E-state index contributed by atoms with van der Waals surface area (Å²) in [6.07, 6.45) is 3.89. The third-order valence-corrected chi connectivity index (χ3v) is 4.45. The molecule has 82 valence electrons. The van der Waals surface area contributed by atoms with Gasteiger partial charge in [0.2, 0.25) is 5.91 Å². The molecule has 4 nitrogen and oxygen atoms in total. The highest BCUT2D eigenvalue weighted by Gasteiger charge is 2.67. The predicted molar refractivity (Wildman–Crippen MR) is 51.9 cm³/mol. The summed E-state index contributed by atoms with van der Waals surface area (Å²) < 4.78 is 0. The average Bonchev–Trinajstić information content (AvgIpc) is 2.64. The smallest absolute Gasteiger partial charge is 0.322 e. The van der Waals surface area contributed by atoms with Crippen LogP contribution in [0.3, 0.4) is 0 Å². The van der Waals surface area contributed by atoms with Gasteiger partial charge in [-0.15, -0.1) is 0 Å². The molecule has 0 aromatic heterocycles. The number of aliphatic carboxylic acids is 1. The Bertz CT molecular complexity index is 312. The quantitative estimate of drug-likeness (QED) is 0.710. The number of rotatable bonds is 3. The minimum absolute atomic E-state index is 0.0241. The van der Waals surface area contributed by atoms with Crippen LogP contribution in [0.2, 0.25) is 0 Å². The number of carboxylic acids is 1. The third kappa shape index (κ3) is 1.27.